The van der Waals surface area contributed by atoms with Crippen molar-refractivity contribution in [3.8, 4) is 0 Å². The van der Waals surface area contributed by atoms with E-state index in [1.54, 1.807) is 12.3 Å². The van der Waals surface area contributed by atoms with Gasteiger partial charge in [0.2, 0.25) is 10.0 Å². The second-order valence-corrected chi connectivity index (χ2v) is 9.07. The van der Waals surface area contributed by atoms with Crippen LogP contribution in [0, 0.1) is 0 Å². The summed E-state index contributed by atoms with van der Waals surface area (Å²) in [5.74, 6) is 0. The molecular formula is C17H17BrN4O3S. The molecule has 0 spiro atoms. The molecule has 7 nitrogen and oxygen atoms in total. The van der Waals surface area contributed by atoms with E-state index < -0.39 is 10.0 Å². The first kappa shape index (κ1) is 17.4. The quantitative estimate of drug-likeness (QED) is 0.627. The van der Waals surface area contributed by atoms with Crippen molar-refractivity contribution < 1.29 is 8.42 Å². The lowest BCUT2D eigenvalue weighted by atomic mass is 10.2. The molecule has 0 aliphatic carbocycles. The molecule has 1 aromatic carbocycles. The zero-order chi connectivity index (χ0) is 18.3. The van der Waals surface area contributed by atoms with Crippen LogP contribution in [0.1, 0.15) is 18.4 Å². The summed E-state index contributed by atoms with van der Waals surface area (Å²) in [5.41, 5.74) is 0.701. The summed E-state index contributed by atoms with van der Waals surface area (Å²) in [7, 11) is -3.66. The van der Waals surface area contributed by atoms with Gasteiger partial charge in [-0.3, -0.25) is 0 Å². The topological polar surface area (TPSA) is 76.7 Å². The molecule has 9 heteroatoms. The average molecular weight is 437 g/mol. The molecule has 0 radical (unpaired) electrons. The van der Waals surface area contributed by atoms with Crippen molar-refractivity contribution in [3.05, 3.63) is 63.1 Å². The molecule has 0 bridgehead atoms. The molecule has 1 aliphatic rings. The van der Waals surface area contributed by atoms with Crippen molar-refractivity contribution >= 4 is 31.6 Å². The van der Waals surface area contributed by atoms with Crippen LogP contribution in [0.4, 0.5) is 0 Å². The first-order chi connectivity index (χ1) is 12.5. The van der Waals surface area contributed by atoms with E-state index in [-0.39, 0.29) is 22.8 Å². The molecular weight excluding hydrogens is 420 g/mol. The van der Waals surface area contributed by atoms with Crippen LogP contribution in [0.3, 0.4) is 0 Å². The van der Waals surface area contributed by atoms with Crippen molar-refractivity contribution in [2.24, 2.45) is 0 Å². The molecule has 1 aliphatic heterocycles. The Morgan fingerprint density at radius 2 is 1.88 bits per heavy atom. The number of hydrogen-bond donors (Lipinski definition) is 0. The Balaban J connectivity index is 1.81. The molecule has 0 amide bonds. The third kappa shape index (κ3) is 3.00. The third-order valence-electron chi connectivity index (χ3n) is 4.48. The second-order valence-electron chi connectivity index (χ2n) is 6.25. The molecule has 0 atom stereocenters. The summed E-state index contributed by atoms with van der Waals surface area (Å²) in [6.45, 7) is 1.28. The van der Waals surface area contributed by atoms with Crippen molar-refractivity contribution in [3.63, 3.8) is 0 Å². The number of fused-ring (bicyclic) bond motifs is 1. The number of rotatable bonds is 4. The van der Waals surface area contributed by atoms with Crippen LogP contribution in [0.2, 0.25) is 0 Å². The van der Waals surface area contributed by atoms with Gasteiger partial charge in [-0.15, -0.1) is 5.10 Å². The van der Waals surface area contributed by atoms with Gasteiger partial charge in [-0.25, -0.2) is 22.3 Å². The summed E-state index contributed by atoms with van der Waals surface area (Å²) >= 11 is 3.41. The maximum atomic E-state index is 12.9. The smallest absolute Gasteiger partial charge is 0.249 e. The van der Waals surface area contributed by atoms with Crippen LogP contribution in [0.5, 0.6) is 0 Å². The fourth-order valence-electron chi connectivity index (χ4n) is 3.19. The third-order valence-corrected chi connectivity index (χ3v) is 6.89. The van der Waals surface area contributed by atoms with E-state index in [0.717, 1.165) is 22.9 Å². The van der Waals surface area contributed by atoms with E-state index in [9.17, 15) is 13.2 Å². The van der Waals surface area contributed by atoms with E-state index in [2.05, 4.69) is 21.0 Å². The molecule has 0 unspecified atom stereocenters. The Hall–Kier alpha value is -1.97. The lowest BCUT2D eigenvalue weighted by Gasteiger charge is -2.15. The summed E-state index contributed by atoms with van der Waals surface area (Å²) in [6.07, 6.45) is 3.25. The lowest BCUT2D eigenvalue weighted by Crippen LogP contribution is -2.28. The molecule has 3 heterocycles. The molecule has 1 saturated heterocycles. The van der Waals surface area contributed by atoms with Gasteiger partial charge in [0.15, 0.2) is 5.65 Å². The Morgan fingerprint density at radius 1 is 1.12 bits per heavy atom. The van der Waals surface area contributed by atoms with Gasteiger partial charge in [0.25, 0.3) is 0 Å². The minimum atomic E-state index is -3.66. The van der Waals surface area contributed by atoms with Crippen LogP contribution in [-0.4, -0.2) is 40.0 Å². The van der Waals surface area contributed by atoms with E-state index in [1.807, 2.05) is 24.3 Å². The maximum Gasteiger partial charge on any atom is 0.350 e. The van der Waals surface area contributed by atoms with Crippen molar-refractivity contribution in [1.29, 1.82) is 0 Å². The SMILES string of the molecule is O=c1n(Cc2cccc(Br)c2)nc2c(S(=O)(=O)N3CCCC3)cccn12. The molecule has 136 valence electrons. The molecule has 0 N–H and O–H groups in total. The van der Waals surface area contributed by atoms with E-state index in [1.165, 1.54) is 19.5 Å². The highest BCUT2D eigenvalue weighted by Crippen LogP contribution is 2.23. The maximum absolute atomic E-state index is 12.9. The minimum absolute atomic E-state index is 0.0759. The monoisotopic (exact) mass is 436 g/mol. The highest BCUT2D eigenvalue weighted by Gasteiger charge is 2.30. The molecule has 0 saturated carbocycles. The Bertz CT molecular complexity index is 1130. The highest BCUT2D eigenvalue weighted by molar-refractivity contribution is 9.10. The predicted octanol–water partition coefficient (Wildman–Crippen LogP) is 2.09. The van der Waals surface area contributed by atoms with Crippen LogP contribution < -0.4 is 5.69 Å². The van der Waals surface area contributed by atoms with Gasteiger partial charge < -0.3 is 0 Å². The van der Waals surface area contributed by atoms with E-state index in [4.69, 9.17) is 0 Å². The minimum Gasteiger partial charge on any atom is -0.249 e. The number of hydrogen-bond acceptors (Lipinski definition) is 4. The summed E-state index contributed by atoms with van der Waals surface area (Å²) < 4.78 is 30.8. The van der Waals surface area contributed by atoms with Gasteiger partial charge in [-0.1, -0.05) is 28.1 Å². The Labute approximate surface area is 159 Å². The van der Waals surface area contributed by atoms with Crippen molar-refractivity contribution in [2.45, 2.75) is 24.3 Å². The number of halogens is 1. The standard InChI is InChI=1S/C17H17BrN4O3S/c18-14-6-3-5-13(11-14)12-22-17(23)21-10-4-7-15(16(21)19-22)26(24,25)20-8-1-2-9-20/h3-7,10-11H,1-2,8-9,12H2. The molecule has 3 aromatic rings. The second kappa shape index (κ2) is 6.64. The van der Waals surface area contributed by atoms with E-state index >= 15 is 0 Å². The van der Waals surface area contributed by atoms with Gasteiger partial charge in [0.05, 0.1) is 6.54 Å². The van der Waals surface area contributed by atoms with Crippen LogP contribution >= 0.6 is 15.9 Å². The first-order valence-corrected chi connectivity index (χ1v) is 10.5. The van der Waals surface area contributed by atoms with Gasteiger partial charge in [-0.05, 0) is 42.7 Å². The normalized spacial score (nSPS) is 15.7. The summed E-state index contributed by atoms with van der Waals surface area (Å²) in [4.78, 5) is 12.7. The van der Waals surface area contributed by atoms with Gasteiger partial charge >= 0.3 is 5.69 Å². The van der Waals surface area contributed by atoms with Gasteiger partial charge in [0.1, 0.15) is 4.90 Å². The molecule has 1 fully saturated rings. The first-order valence-electron chi connectivity index (χ1n) is 8.29. The van der Waals surface area contributed by atoms with Gasteiger partial charge in [-0.2, -0.15) is 4.31 Å². The largest absolute Gasteiger partial charge is 0.350 e. The predicted molar refractivity (Wildman–Crippen MR) is 101 cm³/mol. The van der Waals surface area contributed by atoms with Crippen molar-refractivity contribution in [1.82, 2.24) is 18.5 Å². The van der Waals surface area contributed by atoms with Crippen molar-refractivity contribution in [2.75, 3.05) is 13.1 Å². The zero-order valence-corrected chi connectivity index (χ0v) is 16.3. The summed E-state index contributed by atoms with van der Waals surface area (Å²) in [5, 5.41) is 4.32. The number of aromatic nitrogens is 3. The Kier molecular flexibility index (Phi) is 4.45. The van der Waals surface area contributed by atoms with Crippen LogP contribution in [0.25, 0.3) is 5.65 Å². The lowest BCUT2D eigenvalue weighted by molar-refractivity contribution is 0.477. The fourth-order valence-corrected chi connectivity index (χ4v) is 5.28. The average Bonchev–Trinajstić information content (AvgIpc) is 3.25. The molecule has 26 heavy (non-hydrogen) atoms. The Morgan fingerprint density at radius 3 is 2.62 bits per heavy atom. The molecule has 2 aromatic heterocycles. The number of pyridine rings is 1. The van der Waals surface area contributed by atoms with E-state index in [0.29, 0.717) is 13.1 Å². The fraction of sp³-hybridized carbons (Fsp3) is 0.294. The van der Waals surface area contributed by atoms with Crippen LogP contribution in [0.15, 0.2) is 56.8 Å². The summed E-state index contributed by atoms with van der Waals surface area (Å²) in [6, 6.07) is 10.7. The number of nitrogens with zero attached hydrogens (tertiary/aromatic N) is 4. The number of benzene rings is 1. The zero-order valence-electron chi connectivity index (χ0n) is 13.9. The van der Waals surface area contributed by atoms with Crippen LogP contribution in [-0.2, 0) is 16.6 Å². The highest BCUT2D eigenvalue weighted by atomic mass is 79.9. The number of sulfonamides is 1. The van der Waals surface area contributed by atoms with Gasteiger partial charge in [0, 0.05) is 23.8 Å². The molecule has 4 rings (SSSR count).